The Hall–Kier alpha value is -0.830. The zero-order chi connectivity index (χ0) is 11.0. The molecule has 15 heavy (non-hydrogen) atoms. The molecule has 0 fully saturated rings. The number of fused-ring (bicyclic) bond motifs is 1. The zero-order valence-electron chi connectivity index (χ0n) is 8.84. The van der Waals surface area contributed by atoms with Crippen molar-refractivity contribution in [2.75, 3.05) is 7.11 Å². The van der Waals surface area contributed by atoms with Crippen molar-refractivity contribution in [1.29, 1.82) is 0 Å². The minimum Gasteiger partial charge on any atom is -0.496 e. The topological polar surface area (TPSA) is 26.3 Å². The molecule has 0 amide bonds. The Balaban J connectivity index is 2.65. The first kappa shape index (κ1) is 10.7. The number of hydrogen-bond acceptors (Lipinski definition) is 2. The van der Waals surface area contributed by atoms with E-state index in [-0.39, 0.29) is 5.78 Å². The quantitative estimate of drug-likeness (QED) is 0.779. The van der Waals surface area contributed by atoms with Gasteiger partial charge in [-0.05, 0) is 30.0 Å². The molecule has 1 aromatic carbocycles. The van der Waals surface area contributed by atoms with Crippen LogP contribution in [0.5, 0.6) is 5.75 Å². The number of benzene rings is 1. The van der Waals surface area contributed by atoms with Crippen LogP contribution in [0, 0.1) is 0 Å². The summed E-state index contributed by atoms with van der Waals surface area (Å²) in [5, 5.41) is 0. The summed E-state index contributed by atoms with van der Waals surface area (Å²) in [7, 11) is 1.61. The molecular weight excluding hydrogens is 256 g/mol. The number of ether oxygens (including phenoxy) is 1. The van der Waals surface area contributed by atoms with Crippen molar-refractivity contribution in [1.82, 2.24) is 0 Å². The van der Waals surface area contributed by atoms with Gasteiger partial charge in [-0.15, -0.1) is 0 Å². The van der Waals surface area contributed by atoms with Crippen LogP contribution in [-0.2, 0) is 0 Å². The molecule has 1 unspecified atom stereocenters. The molecule has 80 valence electrons. The van der Waals surface area contributed by atoms with E-state index < -0.39 is 0 Å². The standard InChI is InChI=1S/C12H13BrO2/c1-7-3-4-10(14)12-9(7)5-8(13)6-11(12)15-2/h5-7H,3-4H2,1-2H3. The summed E-state index contributed by atoms with van der Waals surface area (Å²) < 4.78 is 6.23. The van der Waals surface area contributed by atoms with Crippen LogP contribution in [-0.4, -0.2) is 12.9 Å². The van der Waals surface area contributed by atoms with Crippen molar-refractivity contribution in [3.63, 3.8) is 0 Å². The first-order chi connectivity index (χ1) is 7.13. The lowest BCUT2D eigenvalue weighted by molar-refractivity contribution is 0.0964. The Labute approximate surface area is 97.8 Å². The number of carbonyl (C=O) groups excluding carboxylic acids is 1. The van der Waals surface area contributed by atoms with E-state index in [1.54, 1.807) is 7.11 Å². The van der Waals surface area contributed by atoms with Gasteiger partial charge in [-0.1, -0.05) is 22.9 Å². The van der Waals surface area contributed by atoms with E-state index >= 15 is 0 Å². The van der Waals surface area contributed by atoms with Gasteiger partial charge >= 0.3 is 0 Å². The van der Waals surface area contributed by atoms with E-state index in [1.165, 1.54) is 0 Å². The number of methoxy groups -OCH3 is 1. The van der Waals surface area contributed by atoms with Crippen molar-refractivity contribution in [3.8, 4) is 5.75 Å². The second kappa shape index (κ2) is 3.97. The average molecular weight is 269 g/mol. The fourth-order valence-electron chi connectivity index (χ4n) is 2.08. The van der Waals surface area contributed by atoms with E-state index in [0.29, 0.717) is 18.1 Å². The minimum absolute atomic E-state index is 0.201. The Kier molecular flexibility index (Phi) is 2.83. The van der Waals surface area contributed by atoms with E-state index in [0.717, 1.165) is 22.0 Å². The van der Waals surface area contributed by atoms with Gasteiger partial charge < -0.3 is 4.74 Å². The Morgan fingerprint density at radius 1 is 1.47 bits per heavy atom. The molecule has 1 aliphatic rings. The minimum atomic E-state index is 0.201. The van der Waals surface area contributed by atoms with Crippen LogP contribution in [0.3, 0.4) is 0 Å². The van der Waals surface area contributed by atoms with Gasteiger partial charge in [-0.25, -0.2) is 0 Å². The van der Waals surface area contributed by atoms with Crippen molar-refractivity contribution >= 4 is 21.7 Å². The second-order valence-corrected chi connectivity index (χ2v) is 4.85. The van der Waals surface area contributed by atoms with E-state index in [4.69, 9.17) is 4.74 Å². The average Bonchev–Trinajstić information content (AvgIpc) is 2.22. The summed E-state index contributed by atoms with van der Waals surface area (Å²) in [4.78, 5) is 11.8. The predicted molar refractivity (Wildman–Crippen MR) is 62.7 cm³/mol. The molecule has 2 rings (SSSR count). The molecule has 2 nitrogen and oxygen atoms in total. The normalized spacial score (nSPS) is 19.9. The molecule has 1 aromatic rings. The highest BCUT2D eigenvalue weighted by Crippen LogP contribution is 2.38. The van der Waals surface area contributed by atoms with Crippen LogP contribution in [0.15, 0.2) is 16.6 Å². The molecule has 0 bridgehead atoms. The van der Waals surface area contributed by atoms with Gasteiger partial charge in [-0.2, -0.15) is 0 Å². The fraction of sp³-hybridized carbons (Fsp3) is 0.417. The molecule has 0 N–H and O–H groups in total. The van der Waals surface area contributed by atoms with Crippen LogP contribution < -0.4 is 4.74 Å². The van der Waals surface area contributed by atoms with E-state index in [9.17, 15) is 4.79 Å². The third-order valence-corrected chi connectivity index (χ3v) is 3.39. The lowest BCUT2D eigenvalue weighted by atomic mass is 9.83. The van der Waals surface area contributed by atoms with Crippen LogP contribution in [0.25, 0.3) is 0 Å². The molecule has 1 aliphatic carbocycles. The Morgan fingerprint density at radius 3 is 2.87 bits per heavy atom. The summed E-state index contributed by atoms with van der Waals surface area (Å²) in [5.74, 6) is 1.33. The molecule has 3 heteroatoms. The Bertz CT molecular complexity index is 412. The van der Waals surface area contributed by atoms with Gasteiger partial charge in [0, 0.05) is 10.9 Å². The summed E-state index contributed by atoms with van der Waals surface area (Å²) in [6.45, 7) is 2.15. The molecule has 0 saturated carbocycles. The maximum Gasteiger partial charge on any atom is 0.166 e. The number of Topliss-reactive ketones (excluding diaryl/α,β-unsaturated/α-hetero) is 1. The van der Waals surface area contributed by atoms with Gasteiger partial charge in [0.05, 0.1) is 12.7 Å². The first-order valence-electron chi connectivity index (χ1n) is 5.04. The van der Waals surface area contributed by atoms with Gasteiger partial charge in [0.2, 0.25) is 0 Å². The number of carbonyl (C=O) groups is 1. The summed E-state index contributed by atoms with van der Waals surface area (Å²) >= 11 is 3.44. The van der Waals surface area contributed by atoms with Gasteiger partial charge in [0.25, 0.3) is 0 Å². The molecule has 0 heterocycles. The SMILES string of the molecule is COc1cc(Br)cc2c1C(=O)CCC2C. The van der Waals surface area contributed by atoms with Gasteiger partial charge in [0.1, 0.15) is 5.75 Å². The van der Waals surface area contributed by atoms with Crippen LogP contribution >= 0.6 is 15.9 Å². The molecule has 0 radical (unpaired) electrons. The lowest BCUT2D eigenvalue weighted by Gasteiger charge is -2.23. The summed E-state index contributed by atoms with van der Waals surface area (Å²) in [6, 6.07) is 3.88. The van der Waals surface area contributed by atoms with E-state index in [1.807, 2.05) is 12.1 Å². The predicted octanol–water partition coefficient (Wildman–Crippen LogP) is 3.54. The van der Waals surface area contributed by atoms with Crippen molar-refractivity contribution in [2.45, 2.75) is 25.7 Å². The lowest BCUT2D eigenvalue weighted by Crippen LogP contribution is -2.15. The molecule has 0 aliphatic heterocycles. The molecular formula is C12H13BrO2. The first-order valence-corrected chi connectivity index (χ1v) is 5.83. The highest BCUT2D eigenvalue weighted by atomic mass is 79.9. The summed E-state index contributed by atoms with van der Waals surface area (Å²) in [5.41, 5.74) is 1.89. The number of halogens is 1. The molecule has 0 saturated heterocycles. The summed E-state index contributed by atoms with van der Waals surface area (Å²) in [6.07, 6.45) is 1.57. The molecule has 0 spiro atoms. The van der Waals surface area contributed by atoms with Crippen LogP contribution in [0.2, 0.25) is 0 Å². The monoisotopic (exact) mass is 268 g/mol. The van der Waals surface area contributed by atoms with Crippen molar-refractivity contribution in [2.24, 2.45) is 0 Å². The van der Waals surface area contributed by atoms with Crippen molar-refractivity contribution < 1.29 is 9.53 Å². The maximum absolute atomic E-state index is 11.8. The largest absolute Gasteiger partial charge is 0.496 e. The van der Waals surface area contributed by atoms with Crippen LogP contribution in [0.1, 0.15) is 41.6 Å². The zero-order valence-corrected chi connectivity index (χ0v) is 10.4. The number of rotatable bonds is 1. The molecule has 0 aromatic heterocycles. The third-order valence-electron chi connectivity index (χ3n) is 2.93. The van der Waals surface area contributed by atoms with Gasteiger partial charge in [-0.3, -0.25) is 4.79 Å². The van der Waals surface area contributed by atoms with Crippen LogP contribution in [0.4, 0.5) is 0 Å². The highest BCUT2D eigenvalue weighted by molar-refractivity contribution is 9.10. The third kappa shape index (κ3) is 1.81. The molecule has 1 atom stereocenters. The van der Waals surface area contributed by atoms with Gasteiger partial charge in [0.15, 0.2) is 5.78 Å². The highest BCUT2D eigenvalue weighted by Gasteiger charge is 2.26. The Morgan fingerprint density at radius 2 is 2.20 bits per heavy atom. The maximum atomic E-state index is 11.8. The second-order valence-electron chi connectivity index (χ2n) is 3.94. The fourth-order valence-corrected chi connectivity index (χ4v) is 2.53. The smallest absolute Gasteiger partial charge is 0.166 e. The number of hydrogen-bond donors (Lipinski definition) is 0. The van der Waals surface area contributed by atoms with E-state index in [2.05, 4.69) is 22.9 Å². The van der Waals surface area contributed by atoms with Crippen molar-refractivity contribution in [3.05, 3.63) is 27.7 Å². The number of ketones is 1.